The standard InChI is InChI=1S/C10H11Cl2NO2S.C6H4Cl2IN/c1-6-5-7(9(11)10(12)13-6)16-4-3-8(14)15-2;1-3-2-4(9)5(7)6(8)10-3/h5H,3-4H2,1-2H3;2H,1H3. The van der Waals surface area contributed by atoms with Crippen molar-refractivity contribution in [3.05, 3.63) is 47.4 Å². The Morgan fingerprint density at radius 1 is 1.08 bits per heavy atom. The van der Waals surface area contributed by atoms with Gasteiger partial charge in [0.1, 0.15) is 10.3 Å². The minimum absolute atomic E-state index is 0.236. The number of thioether (sulfide) groups is 1. The largest absolute Gasteiger partial charge is 0.469 e. The number of ether oxygens (including phenoxy) is 1. The molecule has 2 heterocycles. The molecule has 142 valence electrons. The number of pyridine rings is 2. The number of carbonyl (C=O) groups excluding carboxylic acids is 1. The molecular weight excluding hydrogens is 553 g/mol. The lowest BCUT2D eigenvalue weighted by Crippen LogP contribution is -2.01. The van der Waals surface area contributed by atoms with Gasteiger partial charge in [0.15, 0.2) is 0 Å². The third kappa shape index (κ3) is 7.94. The van der Waals surface area contributed by atoms with Crippen molar-refractivity contribution < 1.29 is 9.53 Å². The molecule has 10 heteroatoms. The lowest BCUT2D eigenvalue weighted by Gasteiger charge is -2.06. The molecule has 0 saturated heterocycles. The van der Waals surface area contributed by atoms with Gasteiger partial charge in [0.05, 0.1) is 23.6 Å². The zero-order chi connectivity index (χ0) is 19.9. The van der Waals surface area contributed by atoms with Crippen LogP contribution in [0.4, 0.5) is 0 Å². The molecule has 0 atom stereocenters. The highest BCUT2D eigenvalue weighted by molar-refractivity contribution is 14.1. The summed E-state index contributed by atoms with van der Waals surface area (Å²) in [5.74, 6) is 0.368. The molecule has 0 unspecified atom stereocenters. The number of halogens is 5. The average Bonchev–Trinajstić information content (AvgIpc) is 2.57. The molecule has 2 aromatic rings. The monoisotopic (exact) mass is 566 g/mol. The van der Waals surface area contributed by atoms with Crippen molar-refractivity contribution in [3.63, 3.8) is 0 Å². The summed E-state index contributed by atoms with van der Waals surface area (Å²) < 4.78 is 5.48. The minimum Gasteiger partial charge on any atom is -0.469 e. The molecule has 2 rings (SSSR count). The maximum Gasteiger partial charge on any atom is 0.306 e. The fourth-order valence-corrected chi connectivity index (χ4v) is 4.34. The first-order valence-corrected chi connectivity index (χ1v) is 10.7. The van der Waals surface area contributed by atoms with Gasteiger partial charge < -0.3 is 4.74 Å². The third-order valence-corrected chi connectivity index (χ3v) is 6.63. The molecule has 0 fully saturated rings. The van der Waals surface area contributed by atoms with E-state index in [1.807, 2.05) is 26.0 Å². The molecule has 0 spiro atoms. The van der Waals surface area contributed by atoms with E-state index >= 15 is 0 Å². The fraction of sp³-hybridized carbons (Fsp3) is 0.312. The molecule has 0 aliphatic rings. The van der Waals surface area contributed by atoms with Gasteiger partial charge in [-0.05, 0) is 48.6 Å². The summed E-state index contributed by atoms with van der Waals surface area (Å²) in [7, 11) is 1.37. The lowest BCUT2D eigenvalue weighted by atomic mass is 10.4. The number of hydrogen-bond donors (Lipinski definition) is 0. The zero-order valence-corrected chi connectivity index (χ0v) is 20.1. The molecule has 0 amide bonds. The number of methoxy groups -OCH3 is 1. The van der Waals surface area contributed by atoms with Crippen LogP contribution in [0.25, 0.3) is 0 Å². The first-order chi connectivity index (χ1) is 12.1. The molecule has 26 heavy (non-hydrogen) atoms. The number of aryl methyl sites for hydroxylation is 2. The molecule has 0 radical (unpaired) electrons. The molecule has 0 saturated carbocycles. The predicted octanol–water partition coefficient (Wildman–Crippen LogP) is 6.65. The average molecular weight is 568 g/mol. The summed E-state index contributed by atoms with van der Waals surface area (Å²) in [5.41, 5.74) is 1.69. The van der Waals surface area contributed by atoms with E-state index in [1.165, 1.54) is 18.9 Å². The van der Waals surface area contributed by atoms with E-state index in [9.17, 15) is 4.79 Å². The fourth-order valence-electron chi connectivity index (χ4n) is 1.62. The van der Waals surface area contributed by atoms with Crippen LogP contribution in [0.5, 0.6) is 0 Å². The maximum atomic E-state index is 10.9. The Labute approximate surface area is 190 Å². The van der Waals surface area contributed by atoms with Crippen LogP contribution in [0.1, 0.15) is 17.8 Å². The number of carbonyl (C=O) groups is 1. The number of aromatic nitrogens is 2. The van der Waals surface area contributed by atoms with E-state index < -0.39 is 0 Å². The first kappa shape index (κ1) is 24.0. The van der Waals surface area contributed by atoms with Gasteiger partial charge in [0.25, 0.3) is 0 Å². The Kier molecular flexibility index (Phi) is 10.9. The Balaban J connectivity index is 0.000000289. The molecule has 0 aliphatic carbocycles. The Bertz CT molecular complexity index is 770. The summed E-state index contributed by atoms with van der Waals surface area (Å²) >= 11 is 26.8. The van der Waals surface area contributed by atoms with Gasteiger partial charge in [0, 0.05) is 25.6 Å². The van der Waals surface area contributed by atoms with Gasteiger partial charge in [-0.2, -0.15) is 0 Å². The quantitative estimate of drug-likeness (QED) is 0.179. The molecule has 2 aromatic heterocycles. The van der Waals surface area contributed by atoms with E-state index in [1.54, 1.807) is 0 Å². The second-order valence-electron chi connectivity index (χ2n) is 4.89. The van der Waals surface area contributed by atoms with Crippen LogP contribution in [-0.2, 0) is 9.53 Å². The number of hydrogen-bond acceptors (Lipinski definition) is 5. The summed E-state index contributed by atoms with van der Waals surface area (Å²) in [4.78, 5) is 19.7. The Morgan fingerprint density at radius 2 is 1.62 bits per heavy atom. The van der Waals surface area contributed by atoms with Crippen molar-refractivity contribution in [2.45, 2.75) is 25.2 Å². The van der Waals surface area contributed by atoms with Crippen molar-refractivity contribution >= 4 is 86.7 Å². The summed E-state index contributed by atoms with van der Waals surface area (Å²) in [6.45, 7) is 3.72. The van der Waals surface area contributed by atoms with Gasteiger partial charge in [0.2, 0.25) is 0 Å². The third-order valence-electron chi connectivity index (χ3n) is 2.80. The lowest BCUT2D eigenvalue weighted by molar-refractivity contribution is -0.140. The first-order valence-electron chi connectivity index (χ1n) is 7.16. The van der Waals surface area contributed by atoms with Gasteiger partial charge in [-0.25, -0.2) is 9.97 Å². The van der Waals surface area contributed by atoms with Gasteiger partial charge in [-0.3, -0.25) is 4.79 Å². The normalized spacial score (nSPS) is 10.2. The van der Waals surface area contributed by atoms with Crippen molar-refractivity contribution in [3.8, 4) is 0 Å². The molecule has 4 nitrogen and oxygen atoms in total. The molecule has 0 N–H and O–H groups in total. The van der Waals surface area contributed by atoms with Crippen LogP contribution < -0.4 is 0 Å². The minimum atomic E-state index is -0.236. The summed E-state index contributed by atoms with van der Waals surface area (Å²) in [5, 5.41) is 1.64. The van der Waals surface area contributed by atoms with Crippen LogP contribution in [0, 0.1) is 17.4 Å². The Hall–Kier alpha value is 0.01000. The van der Waals surface area contributed by atoms with Crippen molar-refractivity contribution in [1.82, 2.24) is 9.97 Å². The second kappa shape index (κ2) is 11.8. The number of esters is 1. The van der Waals surface area contributed by atoms with E-state index in [0.29, 0.717) is 32.5 Å². The topological polar surface area (TPSA) is 52.1 Å². The highest BCUT2D eigenvalue weighted by Gasteiger charge is 2.09. The van der Waals surface area contributed by atoms with Crippen LogP contribution in [-0.4, -0.2) is 28.8 Å². The van der Waals surface area contributed by atoms with Crippen LogP contribution in [0.2, 0.25) is 20.4 Å². The van der Waals surface area contributed by atoms with Crippen LogP contribution in [0.3, 0.4) is 0 Å². The van der Waals surface area contributed by atoms with E-state index in [4.69, 9.17) is 46.4 Å². The van der Waals surface area contributed by atoms with Crippen LogP contribution in [0.15, 0.2) is 17.0 Å². The summed E-state index contributed by atoms with van der Waals surface area (Å²) in [6.07, 6.45) is 0.344. The van der Waals surface area contributed by atoms with Crippen LogP contribution >= 0.6 is 80.8 Å². The van der Waals surface area contributed by atoms with E-state index in [2.05, 4.69) is 37.3 Å². The zero-order valence-electron chi connectivity index (χ0n) is 14.1. The van der Waals surface area contributed by atoms with Gasteiger partial charge in [-0.15, -0.1) is 11.8 Å². The van der Waals surface area contributed by atoms with E-state index in [0.717, 1.165) is 19.9 Å². The highest BCUT2D eigenvalue weighted by atomic mass is 127. The SMILES string of the molecule is COC(=O)CCSc1cc(C)nc(Cl)c1Cl.Cc1cc(I)c(Cl)c(Cl)n1. The van der Waals surface area contributed by atoms with Crippen molar-refractivity contribution in [1.29, 1.82) is 0 Å². The van der Waals surface area contributed by atoms with E-state index in [-0.39, 0.29) is 5.97 Å². The molecule has 0 aromatic carbocycles. The maximum absolute atomic E-state index is 10.9. The summed E-state index contributed by atoms with van der Waals surface area (Å²) in [6, 6.07) is 3.73. The smallest absolute Gasteiger partial charge is 0.306 e. The molecule has 0 aliphatic heterocycles. The highest BCUT2D eigenvalue weighted by Crippen LogP contribution is 2.32. The van der Waals surface area contributed by atoms with Gasteiger partial charge in [-0.1, -0.05) is 46.4 Å². The second-order valence-corrected chi connectivity index (χ2v) is 8.66. The number of rotatable bonds is 4. The molecular formula is C16H15Cl4IN2O2S. The van der Waals surface area contributed by atoms with Gasteiger partial charge >= 0.3 is 5.97 Å². The van der Waals surface area contributed by atoms with Crippen molar-refractivity contribution in [2.24, 2.45) is 0 Å². The van der Waals surface area contributed by atoms with Crippen molar-refractivity contribution in [2.75, 3.05) is 12.9 Å². The predicted molar refractivity (Wildman–Crippen MR) is 118 cm³/mol. The molecule has 0 bridgehead atoms. The number of nitrogens with zero attached hydrogens (tertiary/aromatic N) is 2. The Morgan fingerprint density at radius 3 is 2.15 bits per heavy atom.